The molecule has 128 valence electrons. The summed E-state index contributed by atoms with van der Waals surface area (Å²) < 4.78 is 17.0. The fraction of sp³-hybridized carbons (Fsp3) is 0.875. The monoisotopic (exact) mass is 324 g/mol. The van der Waals surface area contributed by atoms with E-state index in [1.807, 2.05) is 11.8 Å². The summed E-state index contributed by atoms with van der Waals surface area (Å²) in [4.78, 5) is 28.4. The molecule has 4 atom stereocenters. The highest BCUT2D eigenvalue weighted by atomic mass is 16.6. The number of carbonyl (C=O) groups excluding carboxylic acids is 2. The number of amides is 2. The van der Waals surface area contributed by atoms with Crippen LogP contribution in [0.15, 0.2) is 0 Å². The largest absolute Gasteiger partial charge is 0.381 e. The predicted octanol–water partition coefficient (Wildman–Crippen LogP) is -0.645. The Labute approximate surface area is 135 Å². The summed E-state index contributed by atoms with van der Waals surface area (Å²) in [5.41, 5.74) is -0.587. The minimum absolute atomic E-state index is 0.00845. The third kappa shape index (κ3) is 2.64. The van der Waals surface area contributed by atoms with Gasteiger partial charge in [-0.3, -0.25) is 9.59 Å². The molecule has 3 heterocycles. The summed E-state index contributed by atoms with van der Waals surface area (Å²) in [7, 11) is 0. The van der Waals surface area contributed by atoms with Crippen LogP contribution in [0.25, 0.3) is 0 Å². The first-order valence-electron chi connectivity index (χ1n) is 8.49. The number of hydrogen-bond acceptors (Lipinski definition) is 5. The first kappa shape index (κ1) is 15.4. The van der Waals surface area contributed by atoms with Crippen molar-refractivity contribution in [1.29, 1.82) is 0 Å². The van der Waals surface area contributed by atoms with Gasteiger partial charge in [0.15, 0.2) is 0 Å². The summed E-state index contributed by atoms with van der Waals surface area (Å²) in [5, 5.41) is 0. The van der Waals surface area contributed by atoms with Crippen molar-refractivity contribution < 1.29 is 23.8 Å². The molecule has 3 saturated heterocycles. The van der Waals surface area contributed by atoms with Crippen molar-refractivity contribution in [2.75, 3.05) is 59.2 Å². The molecule has 4 aliphatic rings. The smallest absolute Gasteiger partial charge is 0.248 e. The fourth-order valence-corrected chi connectivity index (χ4v) is 4.17. The molecule has 4 rings (SSSR count). The Bertz CT molecular complexity index is 503. The van der Waals surface area contributed by atoms with Gasteiger partial charge in [0.2, 0.25) is 11.8 Å². The Morgan fingerprint density at radius 2 is 2.04 bits per heavy atom. The van der Waals surface area contributed by atoms with E-state index in [9.17, 15) is 9.59 Å². The standard InChI is InChI=1S/C16H24N2O5/c1-2-17-8-16(23-7-13(17)19)9-18(3-4-21-10-16)15(20)14-11-5-22-6-12(11)14/h11-12,14H,2-10H2,1H3/t11-,12+,14?,16?. The van der Waals surface area contributed by atoms with Gasteiger partial charge >= 0.3 is 0 Å². The minimum atomic E-state index is -0.587. The van der Waals surface area contributed by atoms with Gasteiger partial charge in [0.05, 0.1) is 39.5 Å². The van der Waals surface area contributed by atoms with Crippen LogP contribution in [-0.4, -0.2) is 86.4 Å². The van der Waals surface area contributed by atoms with Crippen LogP contribution in [0, 0.1) is 17.8 Å². The van der Waals surface area contributed by atoms with Crippen molar-refractivity contribution in [2.24, 2.45) is 17.8 Å². The average molecular weight is 324 g/mol. The van der Waals surface area contributed by atoms with Crippen molar-refractivity contribution in [3.63, 3.8) is 0 Å². The number of likely N-dealkylation sites (N-methyl/N-ethyl adjacent to an activating group) is 1. The molecule has 4 fully saturated rings. The molecular formula is C16H24N2O5. The molecule has 2 amide bonds. The Kier molecular flexibility index (Phi) is 3.82. The average Bonchev–Trinajstić information content (AvgIpc) is 3.13. The number of carbonyl (C=O) groups is 2. The molecule has 7 heteroatoms. The maximum absolute atomic E-state index is 12.8. The van der Waals surface area contributed by atoms with Crippen LogP contribution in [0.1, 0.15) is 6.92 Å². The van der Waals surface area contributed by atoms with Gasteiger partial charge in [-0.25, -0.2) is 0 Å². The van der Waals surface area contributed by atoms with Gasteiger partial charge in [-0.1, -0.05) is 0 Å². The van der Waals surface area contributed by atoms with Crippen LogP contribution in [0.3, 0.4) is 0 Å². The van der Waals surface area contributed by atoms with Gasteiger partial charge < -0.3 is 24.0 Å². The molecule has 0 aromatic heterocycles. The van der Waals surface area contributed by atoms with Gasteiger partial charge in [0.25, 0.3) is 0 Å². The van der Waals surface area contributed by atoms with E-state index in [1.165, 1.54) is 0 Å². The number of nitrogens with zero attached hydrogens (tertiary/aromatic N) is 2. The van der Waals surface area contributed by atoms with E-state index in [-0.39, 0.29) is 24.3 Å². The molecule has 0 bridgehead atoms. The fourth-order valence-electron chi connectivity index (χ4n) is 4.17. The number of morpholine rings is 1. The zero-order valence-electron chi connectivity index (χ0n) is 13.5. The number of ether oxygens (including phenoxy) is 3. The Morgan fingerprint density at radius 3 is 2.78 bits per heavy atom. The molecule has 0 N–H and O–H groups in total. The third-order valence-electron chi connectivity index (χ3n) is 5.61. The molecule has 1 spiro atoms. The highest BCUT2D eigenvalue weighted by Gasteiger charge is 2.59. The van der Waals surface area contributed by atoms with Gasteiger partial charge in [-0.05, 0) is 18.8 Å². The molecule has 1 aliphatic carbocycles. The van der Waals surface area contributed by atoms with E-state index in [2.05, 4.69) is 0 Å². The topological polar surface area (TPSA) is 68.3 Å². The van der Waals surface area contributed by atoms with E-state index < -0.39 is 5.60 Å². The highest BCUT2D eigenvalue weighted by Crippen LogP contribution is 2.51. The predicted molar refractivity (Wildman–Crippen MR) is 79.6 cm³/mol. The second kappa shape index (κ2) is 5.72. The van der Waals surface area contributed by atoms with E-state index >= 15 is 0 Å². The molecule has 7 nitrogen and oxygen atoms in total. The van der Waals surface area contributed by atoms with Crippen LogP contribution in [0.4, 0.5) is 0 Å². The molecule has 23 heavy (non-hydrogen) atoms. The summed E-state index contributed by atoms with van der Waals surface area (Å²) >= 11 is 0. The SMILES string of the molecule is CCN1CC2(COCCN(C(=O)C3[C@H]4COC[C@@H]34)C2)OCC1=O. The Morgan fingerprint density at radius 1 is 1.26 bits per heavy atom. The summed E-state index contributed by atoms with van der Waals surface area (Å²) in [6.45, 7) is 6.67. The van der Waals surface area contributed by atoms with Crippen LogP contribution >= 0.6 is 0 Å². The van der Waals surface area contributed by atoms with Crippen LogP contribution in [0.2, 0.25) is 0 Å². The maximum atomic E-state index is 12.8. The van der Waals surface area contributed by atoms with Crippen molar-refractivity contribution in [3.8, 4) is 0 Å². The molecule has 3 aliphatic heterocycles. The quantitative estimate of drug-likeness (QED) is 0.676. The lowest BCUT2D eigenvalue weighted by Crippen LogP contribution is -2.61. The first-order chi connectivity index (χ1) is 11.1. The number of rotatable bonds is 2. The van der Waals surface area contributed by atoms with Gasteiger partial charge in [0, 0.05) is 19.0 Å². The second-order valence-electron chi connectivity index (χ2n) is 7.08. The molecule has 0 aromatic rings. The lowest BCUT2D eigenvalue weighted by atomic mass is 10.0. The minimum Gasteiger partial charge on any atom is -0.381 e. The molecule has 0 radical (unpaired) electrons. The van der Waals surface area contributed by atoms with E-state index in [1.54, 1.807) is 4.90 Å². The van der Waals surface area contributed by atoms with Crippen molar-refractivity contribution in [1.82, 2.24) is 9.80 Å². The van der Waals surface area contributed by atoms with Crippen molar-refractivity contribution >= 4 is 11.8 Å². The number of hydrogen-bond donors (Lipinski definition) is 0. The zero-order valence-corrected chi connectivity index (χ0v) is 13.5. The second-order valence-corrected chi connectivity index (χ2v) is 7.08. The highest BCUT2D eigenvalue weighted by molar-refractivity contribution is 5.83. The van der Waals surface area contributed by atoms with Crippen LogP contribution in [-0.2, 0) is 23.8 Å². The van der Waals surface area contributed by atoms with E-state index in [4.69, 9.17) is 14.2 Å². The van der Waals surface area contributed by atoms with Gasteiger partial charge in [-0.2, -0.15) is 0 Å². The zero-order chi connectivity index (χ0) is 16.0. The molecule has 2 unspecified atom stereocenters. The lowest BCUT2D eigenvalue weighted by Gasteiger charge is -2.42. The van der Waals surface area contributed by atoms with Gasteiger partial charge in [0.1, 0.15) is 12.2 Å². The van der Waals surface area contributed by atoms with Crippen molar-refractivity contribution in [2.45, 2.75) is 12.5 Å². The molecular weight excluding hydrogens is 300 g/mol. The van der Waals surface area contributed by atoms with E-state index in [0.29, 0.717) is 64.4 Å². The Balaban J connectivity index is 1.47. The van der Waals surface area contributed by atoms with Crippen LogP contribution < -0.4 is 0 Å². The third-order valence-corrected chi connectivity index (χ3v) is 5.61. The summed E-state index contributed by atoms with van der Waals surface area (Å²) in [5.74, 6) is 1.14. The summed E-state index contributed by atoms with van der Waals surface area (Å²) in [6, 6.07) is 0. The normalized spacial score (nSPS) is 40.2. The van der Waals surface area contributed by atoms with Crippen molar-refractivity contribution in [3.05, 3.63) is 0 Å². The molecule has 1 saturated carbocycles. The van der Waals surface area contributed by atoms with E-state index in [0.717, 1.165) is 0 Å². The van der Waals surface area contributed by atoms with Gasteiger partial charge in [-0.15, -0.1) is 0 Å². The lowest BCUT2D eigenvalue weighted by molar-refractivity contribution is -0.174. The first-order valence-corrected chi connectivity index (χ1v) is 8.49. The summed E-state index contributed by atoms with van der Waals surface area (Å²) in [6.07, 6.45) is 0. The number of fused-ring (bicyclic) bond motifs is 1. The Hall–Kier alpha value is -1.18. The molecule has 0 aromatic carbocycles. The maximum Gasteiger partial charge on any atom is 0.248 e. The van der Waals surface area contributed by atoms with Crippen LogP contribution in [0.5, 0.6) is 0 Å².